The second-order valence-corrected chi connectivity index (χ2v) is 12.2. The van der Waals surface area contributed by atoms with Crippen LogP contribution in [-0.4, -0.2) is 23.6 Å². The Bertz CT molecular complexity index is 1950. The Morgan fingerprint density at radius 1 is 0.792 bits per heavy atom. The molecule has 1 atom stereocenters. The van der Waals surface area contributed by atoms with Gasteiger partial charge < -0.3 is 21.3 Å². The van der Waals surface area contributed by atoms with E-state index in [0.717, 1.165) is 11.1 Å². The minimum Gasteiger partial charge on any atom is -0.352 e. The summed E-state index contributed by atoms with van der Waals surface area (Å²) in [5.74, 6) is -3.75. The molecule has 9 nitrogen and oxygen atoms in total. The number of fused-ring (bicyclic) bond motifs is 1. The lowest BCUT2D eigenvalue weighted by Crippen LogP contribution is -2.43. The van der Waals surface area contributed by atoms with Crippen LogP contribution in [-0.2, 0) is 34.0 Å². The number of carbonyl (C=O) groups is 4. The zero-order chi connectivity index (χ0) is 33.6. The Labute approximate surface area is 280 Å². The first-order valence-electron chi connectivity index (χ1n) is 15.3. The number of benzene rings is 4. The highest BCUT2D eigenvalue weighted by Gasteiger charge is 2.42. The highest BCUT2D eigenvalue weighted by atomic mass is 32.1. The highest BCUT2D eigenvalue weighted by Crippen LogP contribution is 2.40. The van der Waals surface area contributed by atoms with Gasteiger partial charge in [0, 0.05) is 36.4 Å². The molecule has 1 aliphatic rings. The second-order valence-electron chi connectivity index (χ2n) is 11.2. The van der Waals surface area contributed by atoms with Gasteiger partial charge in [0.05, 0.1) is 22.8 Å². The molecule has 0 radical (unpaired) electrons. The molecule has 0 saturated heterocycles. The van der Waals surface area contributed by atoms with E-state index < -0.39 is 35.9 Å². The zero-order valence-corrected chi connectivity index (χ0v) is 26.6. The first kappa shape index (κ1) is 32.3. The SMILES string of the molecule is NCc1ccc(N2C(=O)C(CC(=O)NCc3ccccc3F)C(=O)N(Cc3ccc(NC(=O)c4cccs4)cc3)c3ccccc32)cc1. The van der Waals surface area contributed by atoms with Gasteiger partial charge >= 0.3 is 0 Å². The molecule has 11 heteroatoms. The molecule has 48 heavy (non-hydrogen) atoms. The lowest BCUT2D eigenvalue weighted by atomic mass is 10.0. The summed E-state index contributed by atoms with van der Waals surface area (Å²) in [5, 5.41) is 7.36. The van der Waals surface area contributed by atoms with Crippen LogP contribution in [0.3, 0.4) is 0 Å². The van der Waals surface area contributed by atoms with E-state index in [9.17, 15) is 23.6 Å². The van der Waals surface area contributed by atoms with Gasteiger partial charge in [-0.15, -0.1) is 11.3 Å². The van der Waals surface area contributed by atoms with Gasteiger partial charge in [-0.2, -0.15) is 0 Å². The molecule has 0 aliphatic carbocycles. The van der Waals surface area contributed by atoms with Crippen molar-refractivity contribution in [2.24, 2.45) is 11.7 Å². The predicted molar refractivity (Wildman–Crippen MR) is 184 cm³/mol. The predicted octanol–water partition coefficient (Wildman–Crippen LogP) is 6.13. The fourth-order valence-corrected chi connectivity index (χ4v) is 6.14. The number of amides is 4. The van der Waals surface area contributed by atoms with Crippen molar-refractivity contribution in [3.05, 3.63) is 142 Å². The van der Waals surface area contributed by atoms with Gasteiger partial charge in [0.1, 0.15) is 11.7 Å². The molecule has 5 aromatic rings. The van der Waals surface area contributed by atoms with E-state index in [-0.39, 0.29) is 24.6 Å². The van der Waals surface area contributed by atoms with E-state index in [1.807, 2.05) is 17.5 Å². The third-order valence-corrected chi connectivity index (χ3v) is 8.92. The number of hydrogen-bond acceptors (Lipinski definition) is 6. The fourth-order valence-electron chi connectivity index (χ4n) is 5.52. The molecular weight excluding hydrogens is 630 g/mol. The Morgan fingerprint density at radius 3 is 2.17 bits per heavy atom. The van der Waals surface area contributed by atoms with Gasteiger partial charge in [-0.05, 0) is 65.0 Å². The molecular formula is C37H32FN5O4S. The molecule has 242 valence electrons. The molecule has 2 heterocycles. The van der Waals surface area contributed by atoms with Gasteiger partial charge in [0.2, 0.25) is 17.7 Å². The van der Waals surface area contributed by atoms with Crippen LogP contribution in [0.25, 0.3) is 0 Å². The maximum absolute atomic E-state index is 14.4. The summed E-state index contributed by atoms with van der Waals surface area (Å²) in [7, 11) is 0. The van der Waals surface area contributed by atoms with Crippen molar-refractivity contribution in [3.8, 4) is 0 Å². The average molecular weight is 662 g/mol. The summed E-state index contributed by atoms with van der Waals surface area (Å²) in [6.07, 6.45) is -0.443. The summed E-state index contributed by atoms with van der Waals surface area (Å²) in [6, 6.07) is 30.9. The van der Waals surface area contributed by atoms with Crippen molar-refractivity contribution < 1.29 is 23.6 Å². The molecule has 4 amide bonds. The number of halogens is 1. The molecule has 1 aromatic heterocycles. The van der Waals surface area contributed by atoms with Crippen molar-refractivity contribution in [1.82, 2.24) is 5.32 Å². The summed E-state index contributed by atoms with van der Waals surface area (Å²) in [4.78, 5) is 58.1. The molecule has 1 unspecified atom stereocenters. The minimum atomic E-state index is -1.38. The lowest BCUT2D eigenvalue weighted by molar-refractivity contribution is -0.136. The number of para-hydroxylation sites is 2. The van der Waals surface area contributed by atoms with Crippen molar-refractivity contribution in [2.45, 2.75) is 26.1 Å². The monoisotopic (exact) mass is 661 g/mol. The topological polar surface area (TPSA) is 125 Å². The van der Waals surface area contributed by atoms with Crippen LogP contribution >= 0.6 is 11.3 Å². The summed E-state index contributed by atoms with van der Waals surface area (Å²) >= 11 is 1.34. The van der Waals surface area contributed by atoms with E-state index in [0.29, 0.717) is 34.2 Å². The molecule has 0 spiro atoms. The average Bonchev–Trinajstić information content (AvgIpc) is 3.64. The number of nitrogens with one attached hydrogen (secondary N) is 2. The van der Waals surface area contributed by atoms with E-state index in [1.54, 1.807) is 91.0 Å². The maximum Gasteiger partial charge on any atom is 0.265 e. The van der Waals surface area contributed by atoms with Gasteiger partial charge in [0.15, 0.2) is 0 Å². The number of hydrogen-bond donors (Lipinski definition) is 3. The number of carbonyl (C=O) groups excluding carboxylic acids is 4. The second kappa shape index (κ2) is 14.4. The maximum atomic E-state index is 14.4. The van der Waals surface area contributed by atoms with Gasteiger partial charge in [-0.1, -0.05) is 60.7 Å². The Morgan fingerprint density at radius 2 is 1.48 bits per heavy atom. The first-order valence-corrected chi connectivity index (χ1v) is 16.2. The standard InChI is InChI=1S/C37H32FN5O4S/c38-30-7-2-1-6-26(30)22-40-34(44)20-29-36(46)42(23-25-11-15-27(16-12-25)41-35(45)33-10-5-19-48-33)31-8-3-4-9-32(31)43(37(29)47)28-17-13-24(21-39)14-18-28/h1-19,29H,20-23,39H2,(H,40,44)(H,41,45). The normalized spacial score (nSPS) is 14.3. The first-order chi connectivity index (χ1) is 23.3. The minimum absolute atomic E-state index is 0.0928. The summed E-state index contributed by atoms with van der Waals surface area (Å²) < 4.78 is 14.2. The fraction of sp³-hybridized carbons (Fsp3) is 0.135. The lowest BCUT2D eigenvalue weighted by Gasteiger charge is -2.26. The van der Waals surface area contributed by atoms with Crippen LogP contribution in [0.1, 0.15) is 32.8 Å². The Hall–Kier alpha value is -5.65. The van der Waals surface area contributed by atoms with Crippen LogP contribution in [0.4, 0.5) is 27.1 Å². The third kappa shape index (κ3) is 7.02. The van der Waals surface area contributed by atoms with Crippen LogP contribution in [0, 0.1) is 11.7 Å². The van der Waals surface area contributed by atoms with E-state index in [2.05, 4.69) is 10.6 Å². The largest absolute Gasteiger partial charge is 0.352 e. The summed E-state index contributed by atoms with van der Waals surface area (Å²) in [5.41, 5.74) is 9.77. The smallest absolute Gasteiger partial charge is 0.265 e. The Kier molecular flexibility index (Phi) is 9.70. The number of thiophene rings is 1. The molecule has 1 aliphatic heterocycles. The van der Waals surface area contributed by atoms with Crippen molar-refractivity contribution in [3.63, 3.8) is 0 Å². The molecule has 0 fully saturated rings. The molecule has 0 saturated carbocycles. The summed E-state index contributed by atoms with van der Waals surface area (Å²) in [6.45, 7) is 0.318. The van der Waals surface area contributed by atoms with Crippen molar-refractivity contribution in [1.29, 1.82) is 0 Å². The van der Waals surface area contributed by atoms with Crippen molar-refractivity contribution >= 4 is 57.7 Å². The number of nitrogens with zero attached hydrogens (tertiary/aromatic N) is 2. The van der Waals surface area contributed by atoms with Crippen LogP contribution in [0.15, 0.2) is 115 Å². The molecule has 0 bridgehead atoms. The van der Waals surface area contributed by atoms with Crippen LogP contribution in [0.2, 0.25) is 0 Å². The van der Waals surface area contributed by atoms with Crippen LogP contribution < -0.4 is 26.2 Å². The molecule has 6 rings (SSSR count). The zero-order valence-electron chi connectivity index (χ0n) is 25.8. The van der Waals surface area contributed by atoms with Gasteiger partial charge in [0.25, 0.3) is 5.91 Å². The van der Waals surface area contributed by atoms with Gasteiger partial charge in [-0.25, -0.2) is 4.39 Å². The van der Waals surface area contributed by atoms with Crippen molar-refractivity contribution in [2.75, 3.05) is 15.1 Å². The number of rotatable bonds is 10. The van der Waals surface area contributed by atoms with E-state index in [1.165, 1.54) is 27.2 Å². The quantitative estimate of drug-likeness (QED) is 0.155. The van der Waals surface area contributed by atoms with E-state index >= 15 is 0 Å². The van der Waals surface area contributed by atoms with Gasteiger partial charge in [-0.3, -0.25) is 24.1 Å². The third-order valence-electron chi connectivity index (χ3n) is 8.05. The van der Waals surface area contributed by atoms with E-state index in [4.69, 9.17) is 5.73 Å². The number of nitrogens with two attached hydrogens (primary N) is 1. The highest BCUT2D eigenvalue weighted by molar-refractivity contribution is 7.12. The molecule has 4 N–H and O–H groups in total. The Balaban J connectivity index is 1.31. The van der Waals surface area contributed by atoms with Crippen LogP contribution in [0.5, 0.6) is 0 Å². The molecule has 4 aromatic carbocycles. The number of anilines is 4.